The summed E-state index contributed by atoms with van der Waals surface area (Å²) in [5.74, 6) is 2.12. The Morgan fingerprint density at radius 1 is 0.900 bits per heavy atom. The Labute approximate surface area is 117 Å². The number of hydrogen-bond donors (Lipinski definition) is 1. The highest BCUT2D eigenvalue weighted by molar-refractivity contribution is 6.13. The molecule has 0 unspecified atom stereocenters. The third-order valence-corrected chi connectivity index (χ3v) is 3.56. The Hall–Kier alpha value is -2.36. The Balaban J connectivity index is 2.52. The first-order valence-corrected chi connectivity index (χ1v) is 6.40. The SMILES string of the molecule is COc1cc(OC)c2c([nH]c3ccc(C)cc32)c1OC. The molecule has 104 valence electrons. The van der Waals surface area contributed by atoms with Gasteiger partial charge in [-0.3, -0.25) is 0 Å². The number of aromatic nitrogens is 1. The summed E-state index contributed by atoms with van der Waals surface area (Å²) in [5.41, 5.74) is 3.15. The number of nitrogens with one attached hydrogen (secondary N) is 1. The van der Waals surface area contributed by atoms with E-state index < -0.39 is 0 Å². The maximum absolute atomic E-state index is 5.52. The zero-order chi connectivity index (χ0) is 14.3. The van der Waals surface area contributed by atoms with Gasteiger partial charge >= 0.3 is 0 Å². The van der Waals surface area contributed by atoms with E-state index in [0.29, 0.717) is 11.5 Å². The van der Waals surface area contributed by atoms with E-state index in [-0.39, 0.29) is 0 Å². The molecule has 1 N–H and O–H groups in total. The van der Waals surface area contributed by atoms with E-state index in [4.69, 9.17) is 14.2 Å². The molecule has 0 fully saturated rings. The predicted molar refractivity (Wildman–Crippen MR) is 80.2 cm³/mol. The molecule has 0 saturated heterocycles. The average Bonchev–Trinajstić information content (AvgIpc) is 2.84. The largest absolute Gasteiger partial charge is 0.496 e. The predicted octanol–water partition coefficient (Wildman–Crippen LogP) is 3.66. The molecule has 3 rings (SSSR count). The molecule has 0 aliphatic carbocycles. The standard InChI is InChI=1S/C16H17NO3/c1-9-5-6-11-10(7-9)14-12(18-2)8-13(19-3)16(20-4)15(14)17-11/h5-8,17H,1-4H3. The summed E-state index contributed by atoms with van der Waals surface area (Å²) in [6.07, 6.45) is 0. The van der Waals surface area contributed by atoms with Crippen LogP contribution in [0.2, 0.25) is 0 Å². The maximum Gasteiger partial charge on any atom is 0.185 e. The lowest BCUT2D eigenvalue weighted by Gasteiger charge is -2.11. The van der Waals surface area contributed by atoms with E-state index in [1.54, 1.807) is 21.3 Å². The van der Waals surface area contributed by atoms with Crippen LogP contribution in [-0.2, 0) is 0 Å². The molecule has 1 aromatic heterocycles. The first-order chi connectivity index (χ1) is 9.69. The van der Waals surface area contributed by atoms with Crippen LogP contribution in [-0.4, -0.2) is 26.3 Å². The van der Waals surface area contributed by atoms with Crippen LogP contribution in [0.3, 0.4) is 0 Å². The Morgan fingerprint density at radius 2 is 1.65 bits per heavy atom. The summed E-state index contributed by atoms with van der Waals surface area (Å²) < 4.78 is 16.4. The zero-order valence-corrected chi connectivity index (χ0v) is 12.0. The van der Waals surface area contributed by atoms with Crippen LogP contribution in [0.25, 0.3) is 21.8 Å². The van der Waals surface area contributed by atoms with Gasteiger partial charge in [0.2, 0.25) is 0 Å². The van der Waals surface area contributed by atoms with Crippen LogP contribution < -0.4 is 14.2 Å². The van der Waals surface area contributed by atoms with E-state index in [1.165, 1.54) is 5.56 Å². The molecular formula is C16H17NO3. The van der Waals surface area contributed by atoms with Crippen molar-refractivity contribution in [3.8, 4) is 17.2 Å². The Morgan fingerprint density at radius 3 is 2.30 bits per heavy atom. The molecular weight excluding hydrogens is 254 g/mol. The van der Waals surface area contributed by atoms with Gasteiger partial charge in [-0.1, -0.05) is 11.6 Å². The molecule has 20 heavy (non-hydrogen) atoms. The fourth-order valence-electron chi connectivity index (χ4n) is 2.63. The van der Waals surface area contributed by atoms with Crippen LogP contribution in [0.5, 0.6) is 17.2 Å². The molecule has 4 heteroatoms. The normalized spacial score (nSPS) is 11.0. The lowest BCUT2D eigenvalue weighted by atomic mass is 10.1. The van der Waals surface area contributed by atoms with Gasteiger partial charge in [-0.25, -0.2) is 0 Å². The van der Waals surface area contributed by atoms with E-state index in [9.17, 15) is 0 Å². The molecule has 2 aromatic carbocycles. The van der Waals surface area contributed by atoms with Crippen molar-refractivity contribution >= 4 is 21.8 Å². The van der Waals surface area contributed by atoms with E-state index in [1.807, 2.05) is 6.07 Å². The van der Waals surface area contributed by atoms with Crippen molar-refractivity contribution in [2.24, 2.45) is 0 Å². The van der Waals surface area contributed by atoms with Crippen molar-refractivity contribution in [3.05, 3.63) is 29.8 Å². The highest BCUT2D eigenvalue weighted by atomic mass is 16.5. The molecule has 4 nitrogen and oxygen atoms in total. The molecule has 0 bridgehead atoms. The Kier molecular flexibility index (Phi) is 2.93. The lowest BCUT2D eigenvalue weighted by Crippen LogP contribution is -1.93. The van der Waals surface area contributed by atoms with E-state index in [0.717, 1.165) is 27.6 Å². The minimum atomic E-state index is 0.653. The zero-order valence-electron chi connectivity index (χ0n) is 12.0. The van der Waals surface area contributed by atoms with E-state index in [2.05, 4.69) is 30.1 Å². The molecule has 3 aromatic rings. The fraction of sp³-hybridized carbons (Fsp3) is 0.250. The van der Waals surface area contributed by atoms with Crippen molar-refractivity contribution in [1.29, 1.82) is 0 Å². The van der Waals surface area contributed by atoms with Gasteiger partial charge in [0, 0.05) is 17.0 Å². The van der Waals surface area contributed by atoms with Gasteiger partial charge in [0.1, 0.15) is 5.75 Å². The van der Waals surface area contributed by atoms with Gasteiger partial charge in [-0.05, 0) is 19.1 Å². The first kappa shape index (κ1) is 12.7. The second kappa shape index (κ2) is 4.63. The topological polar surface area (TPSA) is 43.5 Å². The number of aromatic amines is 1. The van der Waals surface area contributed by atoms with Gasteiger partial charge in [0.25, 0.3) is 0 Å². The van der Waals surface area contributed by atoms with Gasteiger partial charge in [0.15, 0.2) is 11.5 Å². The number of benzene rings is 2. The summed E-state index contributed by atoms with van der Waals surface area (Å²) in [4.78, 5) is 3.39. The second-order valence-corrected chi connectivity index (χ2v) is 4.74. The van der Waals surface area contributed by atoms with Crippen molar-refractivity contribution in [1.82, 2.24) is 4.98 Å². The van der Waals surface area contributed by atoms with Crippen molar-refractivity contribution in [2.75, 3.05) is 21.3 Å². The molecule has 1 heterocycles. The number of fused-ring (bicyclic) bond motifs is 3. The molecule has 0 saturated carbocycles. The number of ether oxygens (including phenoxy) is 3. The number of aryl methyl sites for hydroxylation is 1. The summed E-state index contributed by atoms with van der Waals surface area (Å²) in [6.45, 7) is 2.07. The fourth-order valence-corrected chi connectivity index (χ4v) is 2.63. The summed E-state index contributed by atoms with van der Waals surface area (Å²) in [7, 11) is 4.92. The molecule has 0 aliphatic rings. The van der Waals surface area contributed by atoms with Gasteiger partial charge in [0.05, 0.1) is 32.2 Å². The minimum absolute atomic E-state index is 0.653. The number of methoxy groups -OCH3 is 3. The molecule has 0 amide bonds. The van der Waals surface area contributed by atoms with Crippen LogP contribution in [0.15, 0.2) is 24.3 Å². The van der Waals surface area contributed by atoms with Gasteiger partial charge < -0.3 is 19.2 Å². The summed E-state index contributed by atoms with van der Waals surface area (Å²) in [5, 5.41) is 2.14. The third kappa shape index (κ3) is 1.68. The number of rotatable bonds is 3. The summed E-state index contributed by atoms with van der Waals surface area (Å²) in [6, 6.07) is 8.14. The number of H-pyrrole nitrogens is 1. The average molecular weight is 271 g/mol. The first-order valence-electron chi connectivity index (χ1n) is 6.40. The molecule has 0 atom stereocenters. The molecule has 0 radical (unpaired) electrons. The second-order valence-electron chi connectivity index (χ2n) is 4.74. The quantitative estimate of drug-likeness (QED) is 0.790. The molecule has 0 aliphatic heterocycles. The van der Waals surface area contributed by atoms with Crippen LogP contribution in [0.4, 0.5) is 0 Å². The van der Waals surface area contributed by atoms with Crippen molar-refractivity contribution in [2.45, 2.75) is 6.92 Å². The number of hydrogen-bond acceptors (Lipinski definition) is 3. The van der Waals surface area contributed by atoms with Crippen LogP contribution in [0.1, 0.15) is 5.56 Å². The third-order valence-electron chi connectivity index (χ3n) is 3.56. The highest BCUT2D eigenvalue weighted by Gasteiger charge is 2.18. The minimum Gasteiger partial charge on any atom is -0.496 e. The monoisotopic (exact) mass is 271 g/mol. The maximum atomic E-state index is 5.52. The van der Waals surface area contributed by atoms with Crippen LogP contribution in [0, 0.1) is 6.92 Å². The molecule has 0 spiro atoms. The van der Waals surface area contributed by atoms with Gasteiger partial charge in [-0.15, -0.1) is 0 Å². The van der Waals surface area contributed by atoms with Crippen molar-refractivity contribution < 1.29 is 14.2 Å². The summed E-state index contributed by atoms with van der Waals surface area (Å²) >= 11 is 0. The Bertz CT molecular complexity index is 789. The van der Waals surface area contributed by atoms with Gasteiger partial charge in [-0.2, -0.15) is 0 Å². The van der Waals surface area contributed by atoms with E-state index >= 15 is 0 Å². The van der Waals surface area contributed by atoms with Crippen LogP contribution >= 0.6 is 0 Å². The highest BCUT2D eigenvalue weighted by Crippen LogP contribution is 2.44. The smallest absolute Gasteiger partial charge is 0.185 e. The lowest BCUT2D eigenvalue weighted by molar-refractivity contribution is 0.353. The van der Waals surface area contributed by atoms with Crippen molar-refractivity contribution in [3.63, 3.8) is 0 Å².